The molecule has 5 rings (SSSR count). The summed E-state index contributed by atoms with van der Waals surface area (Å²) in [6.45, 7) is 2.66. The first-order chi connectivity index (χ1) is 13.7. The molecule has 6 heteroatoms. The number of thiophene rings is 1. The minimum Gasteiger partial charge on any atom is -0.353 e. The van der Waals surface area contributed by atoms with Gasteiger partial charge in [0, 0.05) is 30.1 Å². The molecule has 0 saturated heterocycles. The van der Waals surface area contributed by atoms with Crippen LogP contribution in [0.15, 0.2) is 54.6 Å². The fraction of sp³-hybridized carbons (Fsp3) is 0.227. The van der Waals surface area contributed by atoms with E-state index in [1.807, 2.05) is 6.07 Å². The number of carbonyl (C=O) groups excluding carboxylic acids is 1. The molecule has 1 amide bonds. The van der Waals surface area contributed by atoms with E-state index in [-0.39, 0.29) is 11.7 Å². The van der Waals surface area contributed by atoms with Crippen molar-refractivity contribution < 1.29 is 9.18 Å². The first-order valence-electron chi connectivity index (χ1n) is 9.41. The van der Waals surface area contributed by atoms with Crippen molar-refractivity contribution in [3.8, 4) is 0 Å². The Labute approximate surface area is 167 Å². The Hall–Kier alpha value is -2.70. The van der Waals surface area contributed by atoms with E-state index in [2.05, 4.69) is 39.8 Å². The smallest absolute Gasteiger partial charge is 0.256 e. The summed E-state index contributed by atoms with van der Waals surface area (Å²) < 4.78 is 14.2. The number of halogens is 1. The minimum atomic E-state index is -0.540. The summed E-state index contributed by atoms with van der Waals surface area (Å²) in [5, 5.41) is 7.10. The fourth-order valence-corrected chi connectivity index (χ4v) is 5.33. The lowest BCUT2D eigenvalue weighted by atomic mass is 10.00. The van der Waals surface area contributed by atoms with Gasteiger partial charge in [0.2, 0.25) is 0 Å². The topological polar surface area (TPSA) is 44.4 Å². The SMILES string of the molecule is O=C1N[C@@H](c2ccccc2F)Nc2sc3c(c21)CCN(Cc1ccccc1)C3. The molecule has 0 unspecified atom stereocenters. The molecule has 28 heavy (non-hydrogen) atoms. The zero-order valence-electron chi connectivity index (χ0n) is 15.2. The van der Waals surface area contributed by atoms with Crippen molar-refractivity contribution in [2.45, 2.75) is 25.7 Å². The van der Waals surface area contributed by atoms with Gasteiger partial charge >= 0.3 is 0 Å². The third kappa shape index (κ3) is 3.08. The third-order valence-corrected chi connectivity index (χ3v) is 6.53. The number of amides is 1. The van der Waals surface area contributed by atoms with E-state index in [0.29, 0.717) is 5.56 Å². The largest absolute Gasteiger partial charge is 0.353 e. The molecule has 0 aliphatic carbocycles. The number of hydrogen-bond donors (Lipinski definition) is 2. The molecule has 142 valence electrons. The monoisotopic (exact) mass is 393 g/mol. The van der Waals surface area contributed by atoms with Crippen molar-refractivity contribution >= 4 is 22.2 Å². The summed E-state index contributed by atoms with van der Waals surface area (Å²) in [4.78, 5) is 16.4. The fourth-order valence-electron chi connectivity index (χ4n) is 4.01. The first kappa shape index (κ1) is 17.4. The average molecular weight is 393 g/mol. The Bertz CT molecular complexity index is 1030. The van der Waals surface area contributed by atoms with Gasteiger partial charge in [-0.1, -0.05) is 48.5 Å². The van der Waals surface area contributed by atoms with Crippen molar-refractivity contribution in [1.82, 2.24) is 10.2 Å². The van der Waals surface area contributed by atoms with Gasteiger partial charge in [0.15, 0.2) is 0 Å². The average Bonchev–Trinajstić information content (AvgIpc) is 3.07. The summed E-state index contributed by atoms with van der Waals surface area (Å²) >= 11 is 1.62. The molecule has 1 aromatic heterocycles. The molecule has 3 heterocycles. The Balaban J connectivity index is 1.40. The molecule has 0 spiro atoms. The lowest BCUT2D eigenvalue weighted by molar-refractivity contribution is 0.0934. The highest BCUT2D eigenvalue weighted by molar-refractivity contribution is 7.16. The second-order valence-corrected chi connectivity index (χ2v) is 8.33. The molecule has 2 aliphatic rings. The summed E-state index contributed by atoms with van der Waals surface area (Å²) in [6, 6.07) is 17.0. The van der Waals surface area contributed by atoms with Crippen molar-refractivity contribution in [1.29, 1.82) is 0 Å². The molecular formula is C22H20FN3OS. The normalized spacial score (nSPS) is 18.8. The molecule has 0 saturated carbocycles. The highest BCUT2D eigenvalue weighted by atomic mass is 32.1. The van der Waals surface area contributed by atoms with E-state index in [9.17, 15) is 9.18 Å². The number of benzene rings is 2. The van der Waals surface area contributed by atoms with Crippen LogP contribution in [0.25, 0.3) is 0 Å². The van der Waals surface area contributed by atoms with Gasteiger partial charge in [-0.15, -0.1) is 11.3 Å². The maximum atomic E-state index is 14.2. The molecule has 0 bridgehead atoms. The summed E-state index contributed by atoms with van der Waals surface area (Å²) in [7, 11) is 0. The predicted octanol–water partition coefficient (Wildman–Crippen LogP) is 4.30. The van der Waals surface area contributed by atoms with Crippen LogP contribution < -0.4 is 10.6 Å². The zero-order chi connectivity index (χ0) is 19.1. The molecule has 2 aromatic carbocycles. The highest BCUT2D eigenvalue weighted by Crippen LogP contribution is 2.41. The van der Waals surface area contributed by atoms with E-state index in [4.69, 9.17) is 0 Å². The zero-order valence-corrected chi connectivity index (χ0v) is 16.1. The number of fused-ring (bicyclic) bond motifs is 3. The van der Waals surface area contributed by atoms with Gasteiger partial charge in [0.1, 0.15) is 17.0 Å². The van der Waals surface area contributed by atoms with E-state index in [0.717, 1.165) is 42.2 Å². The molecule has 0 fully saturated rings. The molecular weight excluding hydrogens is 373 g/mol. The van der Waals surface area contributed by atoms with Crippen LogP contribution in [0.3, 0.4) is 0 Å². The van der Waals surface area contributed by atoms with Crippen LogP contribution in [-0.2, 0) is 19.5 Å². The lowest BCUT2D eigenvalue weighted by Gasteiger charge is -2.28. The first-order valence-corrected chi connectivity index (χ1v) is 10.2. The van der Waals surface area contributed by atoms with Crippen LogP contribution in [0.5, 0.6) is 0 Å². The van der Waals surface area contributed by atoms with Crippen LogP contribution in [0.1, 0.15) is 38.1 Å². The predicted molar refractivity (Wildman–Crippen MR) is 109 cm³/mol. The quantitative estimate of drug-likeness (QED) is 0.697. The maximum Gasteiger partial charge on any atom is 0.256 e. The summed E-state index contributed by atoms with van der Waals surface area (Å²) in [5.74, 6) is -0.435. The molecule has 3 aromatic rings. The molecule has 4 nitrogen and oxygen atoms in total. The number of carbonyl (C=O) groups is 1. The lowest BCUT2D eigenvalue weighted by Crippen LogP contribution is -2.39. The van der Waals surface area contributed by atoms with Crippen molar-refractivity contribution in [2.75, 3.05) is 11.9 Å². The highest BCUT2D eigenvalue weighted by Gasteiger charge is 2.34. The van der Waals surface area contributed by atoms with Crippen LogP contribution in [-0.4, -0.2) is 17.4 Å². The van der Waals surface area contributed by atoms with Gasteiger partial charge in [-0.05, 0) is 23.6 Å². The van der Waals surface area contributed by atoms with Gasteiger partial charge in [-0.2, -0.15) is 0 Å². The van der Waals surface area contributed by atoms with Gasteiger partial charge in [0.05, 0.1) is 5.56 Å². The molecule has 0 radical (unpaired) electrons. The number of nitrogens with one attached hydrogen (secondary N) is 2. The third-order valence-electron chi connectivity index (χ3n) is 5.38. The van der Waals surface area contributed by atoms with Gasteiger partial charge in [-0.25, -0.2) is 4.39 Å². The Morgan fingerprint density at radius 1 is 1.07 bits per heavy atom. The molecule has 2 N–H and O–H groups in total. The van der Waals surface area contributed by atoms with E-state index in [1.54, 1.807) is 29.5 Å². The van der Waals surface area contributed by atoms with Crippen molar-refractivity contribution in [3.63, 3.8) is 0 Å². The standard InChI is InChI=1S/C22H20FN3OS/c23-17-9-5-4-8-15(17)20-24-21(27)19-16-10-11-26(12-14-6-2-1-3-7-14)13-18(16)28-22(19)25-20/h1-9,20,25H,10-13H2,(H,24,27)/t20-/m1/s1. The van der Waals surface area contributed by atoms with Crippen LogP contribution >= 0.6 is 11.3 Å². The van der Waals surface area contributed by atoms with Crippen LogP contribution in [0.2, 0.25) is 0 Å². The van der Waals surface area contributed by atoms with Gasteiger partial charge in [-0.3, -0.25) is 9.69 Å². The number of hydrogen-bond acceptors (Lipinski definition) is 4. The van der Waals surface area contributed by atoms with Gasteiger partial charge in [0.25, 0.3) is 5.91 Å². The number of nitrogens with zero attached hydrogens (tertiary/aromatic N) is 1. The number of anilines is 1. The van der Waals surface area contributed by atoms with Crippen molar-refractivity contribution in [3.05, 3.63) is 87.5 Å². The van der Waals surface area contributed by atoms with Crippen LogP contribution in [0, 0.1) is 5.82 Å². The molecule has 1 atom stereocenters. The van der Waals surface area contributed by atoms with E-state index in [1.165, 1.54) is 16.5 Å². The Morgan fingerprint density at radius 3 is 2.68 bits per heavy atom. The van der Waals surface area contributed by atoms with Gasteiger partial charge < -0.3 is 10.6 Å². The Kier molecular flexibility index (Phi) is 4.37. The molecule has 2 aliphatic heterocycles. The second-order valence-electron chi connectivity index (χ2n) is 7.23. The summed E-state index contributed by atoms with van der Waals surface area (Å²) in [6.07, 6.45) is 0.315. The van der Waals surface area contributed by atoms with Crippen molar-refractivity contribution in [2.24, 2.45) is 0 Å². The van der Waals surface area contributed by atoms with Crippen LogP contribution in [0.4, 0.5) is 9.39 Å². The second kappa shape index (κ2) is 7.04. The Morgan fingerprint density at radius 2 is 1.86 bits per heavy atom. The van der Waals surface area contributed by atoms with E-state index < -0.39 is 6.17 Å². The van der Waals surface area contributed by atoms with E-state index >= 15 is 0 Å². The maximum absolute atomic E-state index is 14.2. The minimum absolute atomic E-state index is 0.115. The number of rotatable bonds is 3. The summed E-state index contributed by atoms with van der Waals surface area (Å²) in [5.41, 5.74) is 3.63.